The second-order valence-electron chi connectivity index (χ2n) is 6.82. The van der Waals surface area contributed by atoms with Crippen LogP contribution in [0.4, 0.5) is 0 Å². The first-order chi connectivity index (χ1) is 10.9. The van der Waals surface area contributed by atoms with Crippen LogP contribution in [0.3, 0.4) is 0 Å². The van der Waals surface area contributed by atoms with Crippen molar-refractivity contribution < 1.29 is 14.4 Å². The highest BCUT2D eigenvalue weighted by Crippen LogP contribution is 2.11. The molecule has 23 heavy (non-hydrogen) atoms. The van der Waals surface area contributed by atoms with E-state index >= 15 is 0 Å². The molecule has 1 fully saturated rings. The summed E-state index contributed by atoms with van der Waals surface area (Å²) in [5.74, 6) is 1.98. The van der Waals surface area contributed by atoms with Crippen molar-refractivity contribution in [2.24, 2.45) is 5.92 Å². The van der Waals surface area contributed by atoms with Crippen molar-refractivity contribution >= 4 is 5.91 Å². The number of nitrogens with zero attached hydrogens (tertiary/aromatic N) is 4. The summed E-state index contributed by atoms with van der Waals surface area (Å²) < 4.78 is 5.25. The highest BCUT2D eigenvalue weighted by molar-refractivity contribution is 5.78. The summed E-state index contributed by atoms with van der Waals surface area (Å²) in [6.45, 7) is 6.39. The first-order valence-corrected chi connectivity index (χ1v) is 8.40. The van der Waals surface area contributed by atoms with Crippen LogP contribution in [-0.2, 0) is 17.8 Å². The maximum atomic E-state index is 12.2. The summed E-state index contributed by atoms with van der Waals surface area (Å²) in [6, 6.07) is 0. The Balaban J connectivity index is 1.75. The van der Waals surface area contributed by atoms with Gasteiger partial charge in [0.1, 0.15) is 0 Å². The predicted molar refractivity (Wildman–Crippen MR) is 85.6 cm³/mol. The molecule has 0 spiro atoms. The molecule has 7 nitrogen and oxygen atoms in total. The predicted octanol–water partition coefficient (Wildman–Crippen LogP) is 1.07. The molecule has 1 N–H and O–H groups in total. The van der Waals surface area contributed by atoms with E-state index in [1.54, 1.807) is 0 Å². The standard InChI is InChI=1S/C16H28N4O3/c1-12(2)4-5-14-17-15(23-18-14)10-19(3)11-16(22)20-8-6-13(21)7-9-20/h12-13,21H,4-11H2,1-3H3. The number of rotatable bonds is 7. The molecule has 1 saturated heterocycles. The first kappa shape index (κ1) is 17.9. The molecule has 0 bridgehead atoms. The molecule has 2 rings (SSSR count). The number of piperidine rings is 1. The Hall–Kier alpha value is -1.47. The van der Waals surface area contributed by atoms with Crippen LogP contribution in [0.15, 0.2) is 4.52 Å². The summed E-state index contributed by atoms with van der Waals surface area (Å²) in [7, 11) is 1.87. The highest BCUT2D eigenvalue weighted by Gasteiger charge is 2.22. The van der Waals surface area contributed by atoms with Gasteiger partial charge in [0.25, 0.3) is 0 Å². The van der Waals surface area contributed by atoms with E-state index in [-0.39, 0.29) is 12.0 Å². The average Bonchev–Trinajstić information content (AvgIpc) is 2.93. The van der Waals surface area contributed by atoms with Crippen LogP contribution in [0.25, 0.3) is 0 Å². The molecule has 0 unspecified atom stereocenters. The van der Waals surface area contributed by atoms with Crippen LogP contribution in [0, 0.1) is 5.92 Å². The van der Waals surface area contributed by atoms with Crippen LogP contribution < -0.4 is 0 Å². The smallest absolute Gasteiger partial charge is 0.240 e. The summed E-state index contributed by atoms with van der Waals surface area (Å²) >= 11 is 0. The molecule has 0 aliphatic carbocycles. The van der Waals surface area contributed by atoms with Crippen molar-refractivity contribution in [3.05, 3.63) is 11.7 Å². The zero-order valence-electron chi connectivity index (χ0n) is 14.4. The van der Waals surface area contributed by atoms with E-state index in [1.807, 2.05) is 16.8 Å². The number of carbonyl (C=O) groups is 1. The average molecular weight is 324 g/mol. The van der Waals surface area contributed by atoms with Gasteiger partial charge in [0, 0.05) is 19.5 Å². The van der Waals surface area contributed by atoms with Crippen LogP contribution >= 0.6 is 0 Å². The minimum absolute atomic E-state index is 0.0824. The number of aliphatic hydroxyl groups excluding tert-OH is 1. The van der Waals surface area contributed by atoms with Gasteiger partial charge in [-0.25, -0.2) is 0 Å². The minimum atomic E-state index is -0.264. The van der Waals surface area contributed by atoms with Crippen molar-refractivity contribution in [1.29, 1.82) is 0 Å². The molecule has 1 aromatic heterocycles. The van der Waals surface area contributed by atoms with Crippen molar-refractivity contribution in [3.63, 3.8) is 0 Å². The van der Waals surface area contributed by atoms with E-state index in [0.717, 1.165) is 18.7 Å². The lowest BCUT2D eigenvalue weighted by Gasteiger charge is -2.30. The molecule has 1 amide bonds. The number of likely N-dealkylation sites (N-methyl/N-ethyl adjacent to an activating group) is 1. The van der Waals surface area contributed by atoms with Gasteiger partial charge in [0.05, 0.1) is 19.2 Å². The van der Waals surface area contributed by atoms with Gasteiger partial charge in [-0.05, 0) is 32.2 Å². The van der Waals surface area contributed by atoms with Crippen LogP contribution in [-0.4, -0.2) is 63.7 Å². The first-order valence-electron chi connectivity index (χ1n) is 8.40. The van der Waals surface area contributed by atoms with E-state index in [2.05, 4.69) is 24.0 Å². The Labute approximate surface area is 137 Å². The number of aliphatic hydroxyl groups is 1. The minimum Gasteiger partial charge on any atom is -0.393 e. The third-order valence-electron chi connectivity index (χ3n) is 4.08. The SMILES string of the molecule is CC(C)CCc1noc(CN(C)CC(=O)N2CCC(O)CC2)n1. The maximum Gasteiger partial charge on any atom is 0.240 e. The van der Waals surface area contributed by atoms with Gasteiger partial charge in [0.15, 0.2) is 5.82 Å². The molecule has 1 aliphatic heterocycles. The van der Waals surface area contributed by atoms with Crippen LogP contribution in [0.5, 0.6) is 0 Å². The Morgan fingerprint density at radius 2 is 2.13 bits per heavy atom. The number of aromatic nitrogens is 2. The van der Waals surface area contributed by atoms with Gasteiger partial charge in [0.2, 0.25) is 11.8 Å². The van der Waals surface area contributed by atoms with Crippen LogP contribution in [0.1, 0.15) is 44.8 Å². The third kappa shape index (κ3) is 5.91. The van der Waals surface area contributed by atoms with Crippen molar-refractivity contribution in [2.45, 2.75) is 52.2 Å². The third-order valence-corrected chi connectivity index (χ3v) is 4.08. The summed E-state index contributed by atoms with van der Waals surface area (Å²) in [5.41, 5.74) is 0. The molecule has 130 valence electrons. The Bertz CT molecular complexity index is 495. The fraction of sp³-hybridized carbons (Fsp3) is 0.812. The van der Waals surface area contributed by atoms with Crippen molar-refractivity contribution in [3.8, 4) is 0 Å². The quantitative estimate of drug-likeness (QED) is 0.808. The van der Waals surface area contributed by atoms with E-state index in [4.69, 9.17) is 4.52 Å². The van der Waals surface area contributed by atoms with Crippen molar-refractivity contribution in [1.82, 2.24) is 19.9 Å². The fourth-order valence-electron chi connectivity index (χ4n) is 2.61. The second kappa shape index (κ2) is 8.40. The summed E-state index contributed by atoms with van der Waals surface area (Å²) in [6.07, 6.45) is 2.92. The molecule has 1 aliphatic rings. The Morgan fingerprint density at radius 3 is 2.78 bits per heavy atom. The van der Waals surface area contributed by atoms with Crippen LogP contribution in [0.2, 0.25) is 0 Å². The molecule has 2 heterocycles. The topological polar surface area (TPSA) is 82.7 Å². The van der Waals surface area contributed by atoms with E-state index in [1.165, 1.54) is 0 Å². The van der Waals surface area contributed by atoms with Crippen molar-refractivity contribution in [2.75, 3.05) is 26.7 Å². The number of hydrogen-bond donors (Lipinski definition) is 1. The lowest BCUT2D eigenvalue weighted by Crippen LogP contribution is -2.44. The molecule has 0 radical (unpaired) electrons. The Kier molecular flexibility index (Phi) is 6.53. The zero-order valence-corrected chi connectivity index (χ0v) is 14.4. The molecule has 0 saturated carbocycles. The molecule has 0 aromatic carbocycles. The fourth-order valence-corrected chi connectivity index (χ4v) is 2.61. The second-order valence-corrected chi connectivity index (χ2v) is 6.82. The molecular formula is C16H28N4O3. The summed E-state index contributed by atoms with van der Waals surface area (Å²) in [4.78, 5) is 20.3. The Morgan fingerprint density at radius 1 is 1.43 bits per heavy atom. The monoisotopic (exact) mass is 324 g/mol. The van der Waals surface area contributed by atoms with Gasteiger partial charge < -0.3 is 14.5 Å². The van der Waals surface area contributed by atoms with E-state index in [9.17, 15) is 9.90 Å². The lowest BCUT2D eigenvalue weighted by atomic mass is 10.1. The largest absolute Gasteiger partial charge is 0.393 e. The number of likely N-dealkylation sites (tertiary alicyclic amines) is 1. The normalized spacial score (nSPS) is 16.5. The molecule has 7 heteroatoms. The zero-order chi connectivity index (χ0) is 16.8. The van der Waals surface area contributed by atoms with Gasteiger partial charge >= 0.3 is 0 Å². The molecule has 0 atom stereocenters. The number of amides is 1. The number of aryl methyl sites for hydroxylation is 1. The van der Waals surface area contributed by atoms with Gasteiger partial charge in [-0.3, -0.25) is 9.69 Å². The number of hydrogen-bond acceptors (Lipinski definition) is 6. The maximum absolute atomic E-state index is 12.2. The van der Waals surface area contributed by atoms with Gasteiger partial charge in [-0.15, -0.1) is 0 Å². The highest BCUT2D eigenvalue weighted by atomic mass is 16.5. The lowest BCUT2D eigenvalue weighted by molar-refractivity contribution is -0.134. The van der Waals surface area contributed by atoms with Gasteiger partial charge in [-0.1, -0.05) is 19.0 Å². The van der Waals surface area contributed by atoms with Gasteiger partial charge in [-0.2, -0.15) is 4.98 Å². The number of carbonyl (C=O) groups excluding carboxylic acids is 1. The molecular weight excluding hydrogens is 296 g/mol. The van der Waals surface area contributed by atoms with E-state index in [0.29, 0.717) is 50.8 Å². The van der Waals surface area contributed by atoms with E-state index < -0.39 is 0 Å². The summed E-state index contributed by atoms with van der Waals surface area (Å²) in [5, 5.41) is 13.5. The molecule has 1 aromatic rings.